The minimum atomic E-state index is -0.922. The molecule has 0 N–H and O–H groups in total. The Morgan fingerprint density at radius 2 is 1.90 bits per heavy atom. The summed E-state index contributed by atoms with van der Waals surface area (Å²) in [5.41, 5.74) is -1.55. The first-order valence-corrected chi connectivity index (χ1v) is 9.09. The zero-order valence-electron chi connectivity index (χ0n) is 14.8. The molecule has 3 heterocycles. The highest BCUT2D eigenvalue weighted by atomic mass is 35.5. The van der Waals surface area contributed by atoms with Crippen molar-refractivity contribution < 1.29 is 8.78 Å². The first-order valence-electron chi connectivity index (χ1n) is 8.34. The van der Waals surface area contributed by atoms with Crippen LogP contribution in [0.25, 0.3) is 22.6 Å². The molecular formula is C19H9Cl2F2N5O2. The number of fused-ring (bicyclic) bond motifs is 1. The molecule has 0 atom stereocenters. The van der Waals surface area contributed by atoms with Gasteiger partial charge in [-0.05, 0) is 29.8 Å². The van der Waals surface area contributed by atoms with E-state index in [2.05, 4.69) is 4.98 Å². The molecule has 30 heavy (non-hydrogen) atoms. The standard InChI is InChI=1S/C19H9Cl2F2N5O2/c20-12-7-10(1-3-13(12)23)16-17(21)26(6-5-24)19(30)28(18(16)29)15-8-25-14-4-2-11(22)9-27(14)15/h1-4,7-9H,6H2. The Morgan fingerprint density at radius 1 is 1.13 bits per heavy atom. The molecule has 0 fully saturated rings. The van der Waals surface area contributed by atoms with Gasteiger partial charge >= 0.3 is 5.69 Å². The van der Waals surface area contributed by atoms with Gasteiger partial charge in [-0.3, -0.25) is 13.8 Å². The van der Waals surface area contributed by atoms with E-state index in [1.54, 1.807) is 6.07 Å². The number of aromatic nitrogens is 4. The van der Waals surface area contributed by atoms with Crippen LogP contribution in [0.2, 0.25) is 10.2 Å². The van der Waals surface area contributed by atoms with E-state index >= 15 is 0 Å². The van der Waals surface area contributed by atoms with Crippen LogP contribution in [-0.2, 0) is 6.54 Å². The average Bonchev–Trinajstić information content (AvgIpc) is 3.11. The molecule has 0 aliphatic rings. The van der Waals surface area contributed by atoms with Gasteiger partial charge in [0.15, 0.2) is 0 Å². The SMILES string of the molecule is N#CCn1c(Cl)c(-c2ccc(F)c(Cl)c2)c(=O)n(-c2cnc3ccc(F)cn23)c1=O. The van der Waals surface area contributed by atoms with Crippen molar-refractivity contribution in [1.29, 1.82) is 5.26 Å². The molecule has 0 saturated heterocycles. The zero-order chi connectivity index (χ0) is 21.6. The van der Waals surface area contributed by atoms with Crippen LogP contribution in [0.5, 0.6) is 0 Å². The molecule has 0 radical (unpaired) electrons. The van der Waals surface area contributed by atoms with Gasteiger partial charge in [0.1, 0.15) is 34.8 Å². The van der Waals surface area contributed by atoms with Crippen LogP contribution >= 0.6 is 23.2 Å². The van der Waals surface area contributed by atoms with Crippen LogP contribution in [0.3, 0.4) is 0 Å². The lowest BCUT2D eigenvalue weighted by atomic mass is 10.1. The fraction of sp³-hybridized carbons (Fsp3) is 0.0526. The number of hydrogen-bond acceptors (Lipinski definition) is 4. The third kappa shape index (κ3) is 3.07. The number of imidazole rings is 1. The number of nitrogens with zero attached hydrogens (tertiary/aromatic N) is 5. The third-order valence-electron chi connectivity index (χ3n) is 4.40. The monoisotopic (exact) mass is 447 g/mol. The second-order valence-electron chi connectivity index (χ2n) is 6.15. The number of hydrogen-bond donors (Lipinski definition) is 0. The van der Waals surface area contributed by atoms with Gasteiger partial charge in [0.05, 0.1) is 22.9 Å². The molecular weight excluding hydrogens is 439 g/mol. The van der Waals surface area contributed by atoms with Crippen molar-refractivity contribution in [3.05, 3.63) is 85.4 Å². The summed E-state index contributed by atoms with van der Waals surface area (Å²) in [6.45, 7) is -0.467. The lowest BCUT2D eigenvalue weighted by Crippen LogP contribution is -2.40. The highest BCUT2D eigenvalue weighted by molar-refractivity contribution is 6.33. The highest BCUT2D eigenvalue weighted by Crippen LogP contribution is 2.27. The third-order valence-corrected chi connectivity index (χ3v) is 5.08. The topological polar surface area (TPSA) is 85.1 Å². The Balaban J connectivity index is 2.13. The van der Waals surface area contributed by atoms with Crippen LogP contribution < -0.4 is 11.2 Å². The van der Waals surface area contributed by atoms with Crippen molar-refractivity contribution in [1.82, 2.24) is 18.5 Å². The maximum absolute atomic E-state index is 13.8. The van der Waals surface area contributed by atoms with Crippen LogP contribution in [0, 0.1) is 23.0 Å². The Labute approximate surface area is 176 Å². The lowest BCUT2D eigenvalue weighted by Gasteiger charge is -2.14. The minimum Gasteiger partial charge on any atom is -0.283 e. The largest absolute Gasteiger partial charge is 0.339 e. The summed E-state index contributed by atoms with van der Waals surface area (Å²) in [6, 6.07) is 7.83. The molecule has 0 amide bonds. The van der Waals surface area contributed by atoms with Crippen LogP contribution in [0.4, 0.5) is 8.78 Å². The molecule has 0 aliphatic heterocycles. The summed E-state index contributed by atoms with van der Waals surface area (Å²) in [7, 11) is 0. The lowest BCUT2D eigenvalue weighted by molar-refractivity contribution is 0.617. The first-order chi connectivity index (χ1) is 14.3. The van der Waals surface area contributed by atoms with E-state index in [-0.39, 0.29) is 32.8 Å². The maximum Gasteiger partial charge on any atom is 0.339 e. The second-order valence-corrected chi connectivity index (χ2v) is 6.92. The number of rotatable bonds is 3. The van der Waals surface area contributed by atoms with Crippen molar-refractivity contribution in [2.45, 2.75) is 6.54 Å². The Morgan fingerprint density at radius 3 is 2.60 bits per heavy atom. The summed E-state index contributed by atoms with van der Waals surface area (Å²) in [4.78, 5) is 30.4. The molecule has 0 saturated carbocycles. The minimum absolute atomic E-state index is 0.0580. The van der Waals surface area contributed by atoms with E-state index in [1.165, 1.54) is 34.9 Å². The molecule has 0 aliphatic carbocycles. The van der Waals surface area contributed by atoms with Gasteiger partial charge in [0, 0.05) is 6.20 Å². The van der Waals surface area contributed by atoms with Crippen molar-refractivity contribution in [2.24, 2.45) is 0 Å². The number of pyridine rings is 1. The van der Waals surface area contributed by atoms with Crippen LogP contribution in [0.15, 0.2) is 52.3 Å². The van der Waals surface area contributed by atoms with Crippen LogP contribution in [0.1, 0.15) is 0 Å². The molecule has 7 nitrogen and oxygen atoms in total. The summed E-state index contributed by atoms with van der Waals surface area (Å²) >= 11 is 12.1. The van der Waals surface area contributed by atoms with Crippen LogP contribution in [-0.4, -0.2) is 18.5 Å². The number of nitriles is 1. The molecule has 0 bridgehead atoms. The molecule has 0 spiro atoms. The predicted octanol–water partition coefficient (Wildman–Crippen LogP) is 3.42. The van der Waals surface area contributed by atoms with Gasteiger partial charge < -0.3 is 0 Å². The predicted molar refractivity (Wildman–Crippen MR) is 106 cm³/mol. The Bertz CT molecular complexity index is 1480. The maximum atomic E-state index is 13.8. The van der Waals surface area contributed by atoms with Gasteiger partial charge in [-0.15, -0.1) is 0 Å². The van der Waals surface area contributed by atoms with E-state index in [1.807, 2.05) is 0 Å². The number of benzene rings is 1. The fourth-order valence-corrected chi connectivity index (χ4v) is 3.54. The summed E-state index contributed by atoms with van der Waals surface area (Å²) < 4.78 is 30.2. The van der Waals surface area contributed by atoms with Gasteiger partial charge in [-0.1, -0.05) is 29.3 Å². The molecule has 4 aromatic rings. The molecule has 11 heteroatoms. The van der Waals surface area contributed by atoms with Gasteiger partial charge in [-0.2, -0.15) is 5.26 Å². The Kier molecular flexibility index (Phi) is 4.89. The average molecular weight is 448 g/mol. The van der Waals surface area contributed by atoms with Gasteiger partial charge in [0.25, 0.3) is 5.56 Å². The summed E-state index contributed by atoms with van der Waals surface area (Å²) in [5, 5.41) is 8.54. The van der Waals surface area contributed by atoms with E-state index in [0.29, 0.717) is 0 Å². The Hall–Kier alpha value is -3.48. The smallest absolute Gasteiger partial charge is 0.283 e. The van der Waals surface area contributed by atoms with Gasteiger partial charge in [0.2, 0.25) is 0 Å². The second kappa shape index (κ2) is 7.40. The summed E-state index contributed by atoms with van der Waals surface area (Å²) in [5.74, 6) is -1.39. The quantitative estimate of drug-likeness (QED) is 0.450. The first kappa shape index (κ1) is 19.8. The zero-order valence-corrected chi connectivity index (χ0v) is 16.3. The molecule has 0 unspecified atom stereocenters. The fourth-order valence-electron chi connectivity index (χ4n) is 3.04. The van der Waals surface area contributed by atoms with E-state index in [9.17, 15) is 18.4 Å². The molecule has 1 aromatic carbocycles. The van der Waals surface area contributed by atoms with Crippen molar-refractivity contribution in [3.63, 3.8) is 0 Å². The number of halogens is 4. The van der Waals surface area contributed by atoms with E-state index < -0.39 is 29.4 Å². The highest BCUT2D eigenvalue weighted by Gasteiger charge is 2.22. The normalized spacial score (nSPS) is 11.0. The van der Waals surface area contributed by atoms with Crippen molar-refractivity contribution in [3.8, 4) is 23.0 Å². The molecule has 4 rings (SSSR count). The summed E-state index contributed by atoms with van der Waals surface area (Å²) in [6.07, 6.45) is 2.27. The van der Waals surface area contributed by atoms with Crippen molar-refractivity contribution in [2.75, 3.05) is 0 Å². The molecule has 150 valence electrons. The van der Waals surface area contributed by atoms with E-state index in [0.717, 1.165) is 21.4 Å². The van der Waals surface area contributed by atoms with Crippen molar-refractivity contribution >= 4 is 28.8 Å². The van der Waals surface area contributed by atoms with E-state index in [4.69, 9.17) is 28.5 Å². The molecule has 3 aromatic heterocycles. The van der Waals surface area contributed by atoms with Gasteiger partial charge in [-0.25, -0.2) is 23.1 Å².